The number of thiocarbonyl (C=S) groups is 1. The van der Waals surface area contributed by atoms with Crippen LogP contribution < -0.4 is 10.6 Å². The van der Waals surface area contributed by atoms with Crippen molar-refractivity contribution in [1.82, 2.24) is 10.2 Å². The highest BCUT2D eigenvalue weighted by atomic mass is 32.1. The molecule has 0 saturated heterocycles. The fraction of sp³-hybridized carbons (Fsp3) is 0.438. The average molecular weight is 321 g/mol. The quantitative estimate of drug-likeness (QED) is 0.819. The fourth-order valence-electron chi connectivity index (χ4n) is 1.81. The van der Waals surface area contributed by atoms with Gasteiger partial charge in [-0.25, -0.2) is 0 Å². The molecule has 2 N–H and O–H groups in total. The standard InChI is InChI=1S/C16H23N3O2S/c1-5-19(6-2)15(21)12-7-9-13(10-8-12)17-16(22)18-14(20)11(3)4/h7-11H,5-6H2,1-4H3,(H2,17,18,20,22). The summed E-state index contributed by atoms with van der Waals surface area (Å²) in [5.41, 5.74) is 1.36. The Bertz CT molecular complexity index is 537. The van der Waals surface area contributed by atoms with Gasteiger partial charge in [-0.2, -0.15) is 0 Å². The molecule has 0 aliphatic carbocycles. The van der Waals surface area contributed by atoms with Crippen LogP contribution in [0.25, 0.3) is 0 Å². The van der Waals surface area contributed by atoms with E-state index < -0.39 is 0 Å². The van der Waals surface area contributed by atoms with Crippen molar-refractivity contribution >= 4 is 34.8 Å². The SMILES string of the molecule is CCN(CC)C(=O)c1ccc(NC(=S)NC(=O)C(C)C)cc1. The van der Waals surface area contributed by atoms with Crippen molar-refractivity contribution in [3.8, 4) is 0 Å². The predicted molar refractivity (Wildman–Crippen MR) is 92.9 cm³/mol. The van der Waals surface area contributed by atoms with Crippen molar-refractivity contribution in [1.29, 1.82) is 0 Å². The van der Waals surface area contributed by atoms with Crippen molar-refractivity contribution in [3.63, 3.8) is 0 Å². The average Bonchev–Trinajstić information content (AvgIpc) is 2.48. The molecule has 6 heteroatoms. The van der Waals surface area contributed by atoms with Crippen LogP contribution in [0.4, 0.5) is 5.69 Å². The molecule has 0 heterocycles. The first-order chi connectivity index (χ1) is 10.4. The first-order valence-corrected chi connectivity index (χ1v) is 7.81. The fourth-order valence-corrected chi connectivity index (χ4v) is 2.03. The van der Waals surface area contributed by atoms with Crippen LogP contribution in [0.1, 0.15) is 38.1 Å². The van der Waals surface area contributed by atoms with Crippen LogP contribution in [0.15, 0.2) is 24.3 Å². The zero-order valence-corrected chi connectivity index (χ0v) is 14.3. The summed E-state index contributed by atoms with van der Waals surface area (Å²) in [7, 11) is 0. The maximum atomic E-state index is 12.2. The molecule has 1 aromatic carbocycles. The van der Waals surface area contributed by atoms with E-state index in [4.69, 9.17) is 12.2 Å². The highest BCUT2D eigenvalue weighted by Gasteiger charge is 2.12. The maximum absolute atomic E-state index is 12.2. The Labute approximate surface area is 137 Å². The van der Waals surface area contributed by atoms with Gasteiger partial charge in [-0.1, -0.05) is 13.8 Å². The van der Waals surface area contributed by atoms with Crippen molar-refractivity contribution < 1.29 is 9.59 Å². The predicted octanol–water partition coefficient (Wildman–Crippen LogP) is 2.64. The molecule has 0 spiro atoms. The second-order valence-electron chi connectivity index (χ2n) is 5.15. The summed E-state index contributed by atoms with van der Waals surface area (Å²) in [5.74, 6) is -0.258. The molecular weight excluding hydrogens is 298 g/mol. The lowest BCUT2D eigenvalue weighted by atomic mass is 10.2. The van der Waals surface area contributed by atoms with Gasteiger partial charge in [-0.05, 0) is 50.3 Å². The smallest absolute Gasteiger partial charge is 0.253 e. The molecule has 2 amide bonds. The van der Waals surface area contributed by atoms with Gasteiger partial charge < -0.3 is 15.5 Å². The minimum atomic E-state index is -0.133. The lowest BCUT2D eigenvalue weighted by Crippen LogP contribution is -2.36. The highest BCUT2D eigenvalue weighted by Crippen LogP contribution is 2.11. The number of hydrogen-bond donors (Lipinski definition) is 2. The van der Waals surface area contributed by atoms with Crippen LogP contribution in [-0.4, -0.2) is 34.9 Å². The van der Waals surface area contributed by atoms with E-state index in [2.05, 4.69) is 10.6 Å². The molecule has 0 saturated carbocycles. The molecule has 0 atom stereocenters. The van der Waals surface area contributed by atoms with Gasteiger partial charge in [0.25, 0.3) is 5.91 Å². The monoisotopic (exact) mass is 321 g/mol. The Balaban J connectivity index is 2.67. The number of nitrogens with zero attached hydrogens (tertiary/aromatic N) is 1. The Kier molecular flexibility index (Phi) is 6.98. The third-order valence-electron chi connectivity index (χ3n) is 3.20. The molecule has 22 heavy (non-hydrogen) atoms. The molecule has 0 aromatic heterocycles. The molecule has 0 fully saturated rings. The van der Waals surface area contributed by atoms with Crippen molar-refractivity contribution in [2.24, 2.45) is 5.92 Å². The third-order valence-corrected chi connectivity index (χ3v) is 3.41. The normalized spacial score (nSPS) is 10.2. The van der Waals surface area contributed by atoms with E-state index >= 15 is 0 Å². The Morgan fingerprint density at radius 2 is 1.68 bits per heavy atom. The summed E-state index contributed by atoms with van der Waals surface area (Å²) >= 11 is 5.08. The summed E-state index contributed by atoms with van der Waals surface area (Å²) in [4.78, 5) is 25.5. The molecule has 5 nitrogen and oxygen atoms in total. The van der Waals surface area contributed by atoms with E-state index in [1.54, 1.807) is 43.0 Å². The number of carbonyl (C=O) groups is 2. The molecule has 0 radical (unpaired) electrons. The van der Waals surface area contributed by atoms with Crippen molar-refractivity contribution in [3.05, 3.63) is 29.8 Å². The van der Waals surface area contributed by atoms with Gasteiger partial charge in [-0.3, -0.25) is 9.59 Å². The van der Waals surface area contributed by atoms with Gasteiger partial charge in [0.2, 0.25) is 5.91 Å². The van der Waals surface area contributed by atoms with Gasteiger partial charge in [0, 0.05) is 30.3 Å². The Hall–Kier alpha value is -1.95. The van der Waals surface area contributed by atoms with E-state index in [0.29, 0.717) is 18.7 Å². The third kappa shape index (κ3) is 5.11. The van der Waals surface area contributed by atoms with E-state index in [1.165, 1.54) is 0 Å². The minimum absolute atomic E-state index is 0.00670. The molecule has 1 rings (SSSR count). The van der Waals surface area contributed by atoms with Gasteiger partial charge in [0.15, 0.2) is 5.11 Å². The van der Waals surface area contributed by atoms with E-state index in [9.17, 15) is 9.59 Å². The molecule has 1 aromatic rings. The Morgan fingerprint density at radius 3 is 2.14 bits per heavy atom. The van der Waals surface area contributed by atoms with E-state index in [1.807, 2.05) is 13.8 Å². The highest BCUT2D eigenvalue weighted by molar-refractivity contribution is 7.80. The summed E-state index contributed by atoms with van der Waals surface area (Å²) in [5, 5.41) is 5.78. The van der Waals surface area contributed by atoms with Gasteiger partial charge in [0.05, 0.1) is 0 Å². The molecular formula is C16H23N3O2S. The summed E-state index contributed by atoms with van der Waals surface area (Å²) in [6.07, 6.45) is 0. The molecule has 0 aliphatic heterocycles. The van der Waals surface area contributed by atoms with Crippen LogP contribution in [0.3, 0.4) is 0 Å². The van der Waals surface area contributed by atoms with Gasteiger partial charge in [-0.15, -0.1) is 0 Å². The van der Waals surface area contributed by atoms with Gasteiger partial charge >= 0.3 is 0 Å². The molecule has 0 unspecified atom stereocenters. The molecule has 0 aliphatic rings. The molecule has 120 valence electrons. The summed E-state index contributed by atoms with van der Waals surface area (Å²) < 4.78 is 0. The van der Waals surface area contributed by atoms with Crippen molar-refractivity contribution in [2.75, 3.05) is 18.4 Å². The lowest BCUT2D eigenvalue weighted by molar-refractivity contribution is -0.122. The first kappa shape index (κ1) is 18.1. The van der Waals surface area contributed by atoms with Crippen molar-refractivity contribution in [2.45, 2.75) is 27.7 Å². The summed E-state index contributed by atoms with van der Waals surface area (Å²) in [6, 6.07) is 7.03. The number of benzene rings is 1. The van der Waals surface area contributed by atoms with E-state index in [0.717, 1.165) is 5.69 Å². The minimum Gasteiger partial charge on any atom is -0.339 e. The van der Waals surface area contributed by atoms with Crippen LogP contribution in [-0.2, 0) is 4.79 Å². The number of hydrogen-bond acceptors (Lipinski definition) is 3. The Morgan fingerprint density at radius 1 is 1.14 bits per heavy atom. The second-order valence-corrected chi connectivity index (χ2v) is 5.56. The van der Waals surface area contributed by atoms with Crippen LogP contribution in [0.2, 0.25) is 0 Å². The lowest BCUT2D eigenvalue weighted by Gasteiger charge is -2.18. The number of anilines is 1. The van der Waals surface area contributed by atoms with Crippen LogP contribution in [0.5, 0.6) is 0 Å². The molecule has 0 bridgehead atoms. The number of nitrogens with one attached hydrogen (secondary N) is 2. The maximum Gasteiger partial charge on any atom is 0.253 e. The zero-order chi connectivity index (χ0) is 16.7. The van der Waals surface area contributed by atoms with Crippen LogP contribution >= 0.6 is 12.2 Å². The number of rotatable bonds is 5. The van der Waals surface area contributed by atoms with Gasteiger partial charge in [0.1, 0.15) is 0 Å². The number of carbonyl (C=O) groups excluding carboxylic acids is 2. The van der Waals surface area contributed by atoms with E-state index in [-0.39, 0.29) is 22.8 Å². The summed E-state index contributed by atoms with van der Waals surface area (Å²) in [6.45, 7) is 8.86. The number of amides is 2. The largest absolute Gasteiger partial charge is 0.339 e. The zero-order valence-electron chi connectivity index (χ0n) is 13.5. The topological polar surface area (TPSA) is 61.4 Å². The second kappa shape index (κ2) is 8.48. The first-order valence-electron chi connectivity index (χ1n) is 7.40. The van der Waals surface area contributed by atoms with Crippen LogP contribution in [0, 0.1) is 5.92 Å².